The highest BCUT2D eigenvalue weighted by molar-refractivity contribution is 8.00. The van der Waals surface area contributed by atoms with Gasteiger partial charge < -0.3 is 10.1 Å². The Hall–Kier alpha value is -1.14. The van der Waals surface area contributed by atoms with Crippen LogP contribution in [0.2, 0.25) is 10.0 Å². The molecule has 7 heteroatoms. The lowest BCUT2D eigenvalue weighted by Gasteiger charge is -2.05. The van der Waals surface area contributed by atoms with Gasteiger partial charge in [-0.1, -0.05) is 41.0 Å². The number of aromatic amines is 1. The summed E-state index contributed by atoms with van der Waals surface area (Å²) in [5.41, 5.74) is 0.987. The van der Waals surface area contributed by atoms with Crippen molar-refractivity contribution in [1.29, 1.82) is 0 Å². The molecule has 0 aliphatic carbocycles. The molecule has 0 fully saturated rings. The van der Waals surface area contributed by atoms with Crippen LogP contribution in [0.15, 0.2) is 39.4 Å². The summed E-state index contributed by atoms with van der Waals surface area (Å²) in [5.74, 6) is -0.992. The van der Waals surface area contributed by atoms with E-state index < -0.39 is 5.97 Å². The van der Waals surface area contributed by atoms with Crippen LogP contribution in [0.5, 0.6) is 0 Å². The van der Waals surface area contributed by atoms with Crippen LogP contribution in [0.3, 0.4) is 0 Å². The second-order valence-electron chi connectivity index (χ2n) is 3.95. The summed E-state index contributed by atoms with van der Waals surface area (Å²) in [5, 5.41) is 12.1. The first-order chi connectivity index (χ1) is 9.58. The molecule has 20 heavy (non-hydrogen) atoms. The van der Waals surface area contributed by atoms with Crippen molar-refractivity contribution in [3.05, 3.63) is 45.4 Å². The lowest BCUT2D eigenvalue weighted by atomic mass is 10.4. The predicted octanol–water partition coefficient (Wildman–Crippen LogP) is 5.39. The predicted molar refractivity (Wildman–Crippen MR) is 83.7 cm³/mol. The van der Waals surface area contributed by atoms with Gasteiger partial charge in [0, 0.05) is 4.90 Å². The van der Waals surface area contributed by atoms with E-state index in [1.54, 1.807) is 12.1 Å². The zero-order valence-corrected chi connectivity index (χ0v) is 13.0. The quantitative estimate of drug-likeness (QED) is 0.670. The molecule has 0 bridgehead atoms. The van der Waals surface area contributed by atoms with Gasteiger partial charge in [0.05, 0.1) is 25.2 Å². The van der Waals surface area contributed by atoms with Crippen LogP contribution in [-0.2, 0) is 0 Å². The maximum atomic E-state index is 11.3. The Morgan fingerprint density at radius 3 is 2.85 bits per heavy atom. The number of hydrogen-bond acceptors (Lipinski definition) is 3. The monoisotopic (exact) mass is 343 g/mol. The molecule has 0 radical (unpaired) electrons. The van der Waals surface area contributed by atoms with E-state index in [1.165, 1.54) is 23.1 Å². The van der Waals surface area contributed by atoms with Crippen LogP contribution in [0, 0.1) is 0 Å². The van der Waals surface area contributed by atoms with Gasteiger partial charge in [0.25, 0.3) is 0 Å². The van der Waals surface area contributed by atoms with Crippen molar-refractivity contribution in [2.45, 2.75) is 9.79 Å². The van der Waals surface area contributed by atoms with Gasteiger partial charge in [0.15, 0.2) is 0 Å². The molecular weight excluding hydrogens is 337 g/mol. The van der Waals surface area contributed by atoms with Gasteiger partial charge in [-0.25, -0.2) is 4.79 Å². The minimum Gasteiger partial charge on any atom is -0.477 e. The summed E-state index contributed by atoms with van der Waals surface area (Å²) < 4.78 is 0.906. The Morgan fingerprint density at radius 2 is 2.10 bits per heavy atom. The van der Waals surface area contributed by atoms with Crippen molar-refractivity contribution in [2.75, 3.05) is 0 Å². The summed E-state index contributed by atoms with van der Waals surface area (Å²) in [4.78, 5) is 15.6. The number of carboxylic acid groups (broad SMARTS) is 1. The molecule has 0 saturated carbocycles. The van der Waals surface area contributed by atoms with Crippen molar-refractivity contribution >= 4 is 62.5 Å². The summed E-state index contributed by atoms with van der Waals surface area (Å²) in [6.45, 7) is 0. The average molecular weight is 344 g/mol. The summed E-state index contributed by atoms with van der Waals surface area (Å²) in [6.07, 6.45) is 0. The summed E-state index contributed by atoms with van der Waals surface area (Å²) in [6, 6.07) is 7.16. The Labute approximate surface area is 132 Å². The van der Waals surface area contributed by atoms with Gasteiger partial charge in [-0.2, -0.15) is 0 Å². The maximum absolute atomic E-state index is 11.3. The number of H-pyrrole nitrogens is 1. The zero-order valence-electron chi connectivity index (χ0n) is 9.81. The number of rotatable bonds is 3. The molecule has 0 amide bonds. The molecule has 3 nitrogen and oxygen atoms in total. The molecule has 1 aromatic carbocycles. The largest absolute Gasteiger partial charge is 0.477 e. The molecule has 2 N–H and O–H groups in total. The van der Waals surface area contributed by atoms with Gasteiger partial charge in [-0.3, -0.25) is 0 Å². The van der Waals surface area contributed by atoms with Crippen molar-refractivity contribution in [3.8, 4) is 0 Å². The van der Waals surface area contributed by atoms with E-state index >= 15 is 0 Å². The maximum Gasteiger partial charge on any atom is 0.353 e. The molecule has 3 rings (SSSR count). The normalized spacial score (nSPS) is 11.1. The summed E-state index contributed by atoms with van der Waals surface area (Å²) in [7, 11) is 0. The van der Waals surface area contributed by atoms with Crippen LogP contribution < -0.4 is 0 Å². The minimum atomic E-state index is -0.992. The SMILES string of the molecule is O=C(O)c1[nH]c2ccsc2c1Sc1cccc(Cl)c1Cl. The first-order valence-electron chi connectivity index (χ1n) is 5.52. The van der Waals surface area contributed by atoms with E-state index in [4.69, 9.17) is 23.2 Å². The molecule has 0 unspecified atom stereocenters. The Balaban J connectivity index is 2.14. The third-order valence-corrected chi connectivity index (χ3v) is 5.86. The third kappa shape index (κ3) is 2.31. The molecule has 2 aromatic heterocycles. The van der Waals surface area contributed by atoms with Gasteiger partial charge >= 0.3 is 5.97 Å². The number of nitrogens with one attached hydrogen (secondary N) is 1. The number of hydrogen-bond donors (Lipinski definition) is 2. The van der Waals surface area contributed by atoms with E-state index in [9.17, 15) is 9.90 Å². The van der Waals surface area contributed by atoms with Gasteiger partial charge in [0.2, 0.25) is 0 Å². The number of thiophene rings is 1. The molecule has 102 valence electrons. The molecule has 0 saturated heterocycles. The highest BCUT2D eigenvalue weighted by atomic mass is 35.5. The Morgan fingerprint density at radius 1 is 1.30 bits per heavy atom. The average Bonchev–Trinajstić information content (AvgIpc) is 2.97. The van der Waals surface area contributed by atoms with Crippen LogP contribution in [0.1, 0.15) is 10.5 Å². The van der Waals surface area contributed by atoms with Crippen LogP contribution >= 0.6 is 46.3 Å². The van der Waals surface area contributed by atoms with Crippen molar-refractivity contribution in [1.82, 2.24) is 4.98 Å². The van der Waals surface area contributed by atoms with Crippen LogP contribution in [0.4, 0.5) is 0 Å². The lowest BCUT2D eigenvalue weighted by molar-refractivity contribution is 0.0688. The van der Waals surface area contributed by atoms with E-state index in [-0.39, 0.29) is 5.69 Å². The molecular formula is C13H7Cl2NO2S2. The van der Waals surface area contributed by atoms with Crippen LogP contribution in [-0.4, -0.2) is 16.1 Å². The smallest absolute Gasteiger partial charge is 0.353 e. The van der Waals surface area contributed by atoms with E-state index in [0.29, 0.717) is 14.9 Å². The molecule has 3 aromatic rings. The minimum absolute atomic E-state index is 0.174. The highest BCUT2D eigenvalue weighted by Crippen LogP contribution is 2.43. The van der Waals surface area contributed by atoms with Gasteiger partial charge in [-0.15, -0.1) is 11.3 Å². The number of benzene rings is 1. The van der Waals surface area contributed by atoms with Crippen LogP contribution in [0.25, 0.3) is 10.2 Å². The van der Waals surface area contributed by atoms with Gasteiger partial charge in [-0.05, 0) is 23.6 Å². The fourth-order valence-corrected chi connectivity index (χ4v) is 4.36. The highest BCUT2D eigenvalue weighted by Gasteiger charge is 2.20. The van der Waals surface area contributed by atoms with E-state index in [2.05, 4.69) is 4.98 Å². The molecule has 0 aliphatic rings. The number of carbonyl (C=O) groups is 1. The first kappa shape index (κ1) is 13.8. The number of aromatic carboxylic acids is 1. The third-order valence-electron chi connectivity index (χ3n) is 2.70. The molecule has 2 heterocycles. The topological polar surface area (TPSA) is 53.1 Å². The number of fused-ring (bicyclic) bond motifs is 1. The second-order valence-corrected chi connectivity index (χ2v) is 6.71. The van der Waals surface area contributed by atoms with Crippen molar-refractivity contribution in [2.24, 2.45) is 0 Å². The number of halogens is 2. The fourth-order valence-electron chi connectivity index (χ4n) is 1.81. The molecule has 0 spiro atoms. The number of carboxylic acids is 1. The second kappa shape index (κ2) is 5.33. The summed E-state index contributed by atoms with van der Waals surface area (Å²) >= 11 is 14.9. The molecule has 0 aliphatic heterocycles. The van der Waals surface area contributed by atoms with E-state index in [1.807, 2.05) is 17.5 Å². The Kier molecular flexibility index (Phi) is 3.69. The lowest BCUT2D eigenvalue weighted by Crippen LogP contribution is -1.98. The van der Waals surface area contributed by atoms with Crippen molar-refractivity contribution in [3.63, 3.8) is 0 Å². The van der Waals surface area contributed by atoms with Gasteiger partial charge in [0.1, 0.15) is 5.69 Å². The van der Waals surface area contributed by atoms with E-state index in [0.717, 1.165) is 15.1 Å². The first-order valence-corrected chi connectivity index (χ1v) is 7.97. The fraction of sp³-hybridized carbons (Fsp3) is 0. The number of aromatic nitrogens is 1. The standard InChI is InChI=1S/C13H7Cl2NO2S2/c14-6-2-1-3-8(9(6)15)20-12-10(13(17)18)16-7-4-5-19-11(7)12/h1-5,16H,(H,17,18). The van der Waals surface area contributed by atoms with Crippen molar-refractivity contribution < 1.29 is 9.90 Å². The zero-order chi connectivity index (χ0) is 14.3. The Bertz CT molecular complexity index is 810. The molecule has 0 atom stereocenters.